The number of rotatable bonds is 2. The van der Waals surface area contributed by atoms with Crippen molar-refractivity contribution in [3.8, 4) is 16.9 Å². The van der Waals surface area contributed by atoms with E-state index in [0.717, 1.165) is 10.8 Å². The Balaban J connectivity index is 2.41. The maximum absolute atomic E-state index is 10.6. The standard InChI is InChI=1S/C18H14Cl3N5O/c19-11-7-10(13-9-4-2-1-3-8(9)5-6-12(13)27)16(15(21)14(11)20)25-18(24)26-17(22)23/h1-7,27H,(H6,22,23,24,25,26). The average Bonchev–Trinajstić information content (AvgIpc) is 2.62. The molecule has 0 radical (unpaired) electrons. The van der Waals surface area contributed by atoms with Gasteiger partial charge in [-0.3, -0.25) is 0 Å². The first-order valence-electron chi connectivity index (χ1n) is 7.62. The van der Waals surface area contributed by atoms with E-state index in [1.807, 2.05) is 24.3 Å². The van der Waals surface area contributed by atoms with E-state index >= 15 is 0 Å². The third-order valence-corrected chi connectivity index (χ3v) is 5.03. The first-order valence-corrected chi connectivity index (χ1v) is 8.75. The van der Waals surface area contributed by atoms with Gasteiger partial charge in [-0.1, -0.05) is 65.1 Å². The van der Waals surface area contributed by atoms with Crippen molar-refractivity contribution in [2.75, 3.05) is 0 Å². The highest BCUT2D eigenvalue weighted by Crippen LogP contribution is 2.48. The number of fused-ring (bicyclic) bond motifs is 1. The molecule has 3 aromatic carbocycles. The van der Waals surface area contributed by atoms with Gasteiger partial charge in [-0.15, -0.1) is 0 Å². The first-order chi connectivity index (χ1) is 12.8. The summed E-state index contributed by atoms with van der Waals surface area (Å²) >= 11 is 18.8. The molecule has 6 nitrogen and oxygen atoms in total. The normalized spacial score (nSPS) is 11.6. The monoisotopic (exact) mass is 421 g/mol. The minimum Gasteiger partial charge on any atom is -0.507 e. The molecule has 0 atom stereocenters. The van der Waals surface area contributed by atoms with Crippen molar-refractivity contribution in [1.29, 1.82) is 0 Å². The van der Waals surface area contributed by atoms with Crippen molar-refractivity contribution in [3.63, 3.8) is 0 Å². The fraction of sp³-hybridized carbons (Fsp3) is 0. The lowest BCUT2D eigenvalue weighted by Gasteiger charge is -2.15. The molecule has 0 unspecified atom stereocenters. The predicted molar refractivity (Wildman–Crippen MR) is 113 cm³/mol. The first kappa shape index (κ1) is 19.1. The molecule has 0 amide bonds. The molecule has 0 bridgehead atoms. The number of aromatic hydroxyl groups is 1. The number of guanidine groups is 2. The van der Waals surface area contributed by atoms with E-state index in [2.05, 4.69) is 9.98 Å². The molecule has 3 aromatic rings. The van der Waals surface area contributed by atoms with Crippen molar-refractivity contribution >= 4 is 63.2 Å². The Morgan fingerprint density at radius 3 is 2.33 bits per heavy atom. The molecule has 138 valence electrons. The van der Waals surface area contributed by atoms with Gasteiger partial charge in [-0.2, -0.15) is 4.99 Å². The number of nitrogens with zero attached hydrogens (tertiary/aromatic N) is 2. The number of hydrogen-bond donors (Lipinski definition) is 4. The number of hydrogen-bond acceptors (Lipinski definition) is 2. The minimum atomic E-state index is -0.262. The number of aliphatic imine (C=N–C) groups is 2. The lowest BCUT2D eigenvalue weighted by atomic mass is 9.96. The van der Waals surface area contributed by atoms with Gasteiger partial charge in [0.05, 0.1) is 20.8 Å². The third kappa shape index (κ3) is 3.73. The van der Waals surface area contributed by atoms with Gasteiger partial charge < -0.3 is 22.3 Å². The van der Waals surface area contributed by atoms with Crippen LogP contribution in [0, 0.1) is 0 Å². The van der Waals surface area contributed by atoms with Crippen LogP contribution in [0.2, 0.25) is 15.1 Å². The summed E-state index contributed by atoms with van der Waals surface area (Å²) in [5.74, 6) is -0.474. The molecule has 0 aromatic heterocycles. The second kappa shape index (κ2) is 7.52. The average molecular weight is 423 g/mol. The molecular formula is C18H14Cl3N5O. The third-order valence-electron chi connectivity index (χ3n) is 3.78. The van der Waals surface area contributed by atoms with E-state index in [-0.39, 0.29) is 38.4 Å². The molecule has 0 saturated carbocycles. The Kier molecular flexibility index (Phi) is 5.32. The van der Waals surface area contributed by atoms with Crippen LogP contribution in [0.3, 0.4) is 0 Å². The molecule has 9 heteroatoms. The fourth-order valence-electron chi connectivity index (χ4n) is 2.70. The second-order valence-electron chi connectivity index (χ2n) is 5.57. The highest BCUT2D eigenvalue weighted by atomic mass is 35.5. The largest absolute Gasteiger partial charge is 0.507 e. The fourth-order valence-corrected chi connectivity index (χ4v) is 3.34. The van der Waals surface area contributed by atoms with Crippen molar-refractivity contribution in [3.05, 3.63) is 57.5 Å². The molecule has 0 aliphatic rings. The summed E-state index contributed by atoms with van der Waals surface area (Å²) in [6, 6.07) is 12.4. The highest BCUT2D eigenvalue weighted by Gasteiger charge is 2.20. The van der Waals surface area contributed by atoms with Gasteiger partial charge in [0, 0.05) is 11.1 Å². The summed E-state index contributed by atoms with van der Waals surface area (Å²) in [4.78, 5) is 7.87. The number of benzene rings is 3. The van der Waals surface area contributed by atoms with Crippen molar-refractivity contribution in [2.24, 2.45) is 27.2 Å². The highest BCUT2D eigenvalue weighted by molar-refractivity contribution is 6.49. The van der Waals surface area contributed by atoms with E-state index in [1.165, 1.54) is 0 Å². The molecule has 0 fully saturated rings. The van der Waals surface area contributed by atoms with E-state index in [9.17, 15) is 5.11 Å². The minimum absolute atomic E-state index is 0.0139. The van der Waals surface area contributed by atoms with Gasteiger partial charge >= 0.3 is 0 Å². The van der Waals surface area contributed by atoms with Crippen LogP contribution >= 0.6 is 34.8 Å². The molecule has 0 aliphatic heterocycles. The van der Waals surface area contributed by atoms with Gasteiger partial charge in [0.1, 0.15) is 5.75 Å². The Morgan fingerprint density at radius 1 is 0.926 bits per heavy atom. The molecule has 0 heterocycles. The Bertz CT molecular complexity index is 1110. The van der Waals surface area contributed by atoms with Gasteiger partial charge in [0.2, 0.25) is 5.96 Å². The Labute approximate surface area is 169 Å². The molecule has 27 heavy (non-hydrogen) atoms. The van der Waals surface area contributed by atoms with E-state index in [0.29, 0.717) is 11.1 Å². The van der Waals surface area contributed by atoms with Gasteiger partial charge in [-0.05, 0) is 22.9 Å². The predicted octanol–water partition coefficient (Wildman–Crippen LogP) is 4.39. The maximum Gasteiger partial charge on any atom is 0.223 e. The lowest BCUT2D eigenvalue weighted by Crippen LogP contribution is -2.26. The zero-order chi connectivity index (χ0) is 19.7. The number of phenolic OH excluding ortho intramolecular Hbond substituents is 1. The van der Waals surface area contributed by atoms with E-state index in [1.54, 1.807) is 18.2 Å². The van der Waals surface area contributed by atoms with Crippen LogP contribution in [-0.2, 0) is 0 Å². The summed E-state index contributed by atoms with van der Waals surface area (Å²) in [6.07, 6.45) is 0. The van der Waals surface area contributed by atoms with Crippen LogP contribution < -0.4 is 17.2 Å². The number of phenols is 1. The molecule has 0 aliphatic carbocycles. The van der Waals surface area contributed by atoms with Gasteiger partial charge in [0.15, 0.2) is 5.96 Å². The zero-order valence-electron chi connectivity index (χ0n) is 13.7. The molecule has 0 saturated heterocycles. The number of halogens is 3. The van der Waals surface area contributed by atoms with Gasteiger partial charge in [-0.25, -0.2) is 4.99 Å². The Morgan fingerprint density at radius 2 is 1.63 bits per heavy atom. The topological polar surface area (TPSA) is 123 Å². The summed E-state index contributed by atoms with van der Waals surface area (Å²) < 4.78 is 0. The van der Waals surface area contributed by atoms with Crippen LogP contribution in [0.1, 0.15) is 0 Å². The lowest BCUT2D eigenvalue weighted by molar-refractivity contribution is 0.478. The molecular weight excluding hydrogens is 409 g/mol. The van der Waals surface area contributed by atoms with E-state index in [4.69, 9.17) is 52.0 Å². The van der Waals surface area contributed by atoms with Crippen LogP contribution in [0.25, 0.3) is 21.9 Å². The smallest absolute Gasteiger partial charge is 0.223 e. The van der Waals surface area contributed by atoms with Crippen molar-refractivity contribution < 1.29 is 5.11 Å². The van der Waals surface area contributed by atoms with E-state index < -0.39 is 0 Å². The van der Waals surface area contributed by atoms with Crippen LogP contribution in [-0.4, -0.2) is 17.0 Å². The van der Waals surface area contributed by atoms with Gasteiger partial charge in [0.25, 0.3) is 0 Å². The summed E-state index contributed by atoms with van der Waals surface area (Å²) in [7, 11) is 0. The molecule has 7 N–H and O–H groups in total. The molecule has 0 spiro atoms. The van der Waals surface area contributed by atoms with Crippen LogP contribution in [0.4, 0.5) is 5.69 Å². The molecule has 3 rings (SSSR count). The maximum atomic E-state index is 10.6. The zero-order valence-corrected chi connectivity index (χ0v) is 16.0. The number of nitrogens with two attached hydrogens (primary N) is 3. The SMILES string of the molecule is NC(N)=NC(N)=Nc1c(-c2c(O)ccc3ccccc23)cc(Cl)c(Cl)c1Cl. The summed E-state index contributed by atoms with van der Waals surface area (Å²) in [5.41, 5.74) is 17.5. The summed E-state index contributed by atoms with van der Waals surface area (Å²) in [6.45, 7) is 0. The van der Waals surface area contributed by atoms with Crippen LogP contribution in [0.5, 0.6) is 5.75 Å². The van der Waals surface area contributed by atoms with Crippen LogP contribution in [0.15, 0.2) is 52.4 Å². The van der Waals surface area contributed by atoms with Crippen molar-refractivity contribution in [1.82, 2.24) is 0 Å². The van der Waals surface area contributed by atoms with Crippen molar-refractivity contribution in [2.45, 2.75) is 0 Å². The second-order valence-corrected chi connectivity index (χ2v) is 6.73. The quantitative estimate of drug-likeness (QED) is 0.278. The Hall–Kier alpha value is -2.67. The summed E-state index contributed by atoms with van der Waals surface area (Å²) in [5, 5.41) is 12.6.